The van der Waals surface area contributed by atoms with Gasteiger partial charge in [0.05, 0.1) is 46.2 Å². The van der Waals surface area contributed by atoms with Crippen LogP contribution in [0.1, 0.15) is 245 Å². The van der Waals surface area contributed by atoms with Gasteiger partial charge in [0.1, 0.15) is 37.1 Å². The summed E-state index contributed by atoms with van der Waals surface area (Å²) in [7, 11) is 0. The van der Waals surface area contributed by atoms with E-state index in [1.165, 1.54) is 186 Å². The highest BCUT2D eigenvalue weighted by Crippen LogP contribution is 2.22. The number of amides is 2. The monoisotopic (exact) mass is 1050 g/mol. The van der Waals surface area contributed by atoms with E-state index in [0.29, 0.717) is 59.0 Å². The van der Waals surface area contributed by atoms with Crippen molar-refractivity contribution in [2.75, 3.05) is 79.2 Å². The summed E-state index contributed by atoms with van der Waals surface area (Å²) in [4.78, 5) is 24.8. The molecule has 1 aliphatic rings. The van der Waals surface area contributed by atoms with Gasteiger partial charge in [-0.15, -0.1) is 0 Å². The van der Waals surface area contributed by atoms with Gasteiger partial charge < -0.3 is 64.2 Å². The fourth-order valence-electron chi connectivity index (χ4n) is 9.11. The van der Waals surface area contributed by atoms with Gasteiger partial charge in [-0.2, -0.15) is 0 Å². The van der Waals surface area contributed by atoms with E-state index in [1.807, 2.05) is 0 Å². The highest BCUT2D eigenvalue weighted by Gasteiger charge is 2.44. The highest BCUT2D eigenvalue weighted by atomic mass is 16.7. The van der Waals surface area contributed by atoms with E-state index in [0.717, 1.165) is 32.1 Å². The number of carbonyl (C=O) groups is 2. The lowest BCUT2D eigenvalue weighted by molar-refractivity contribution is -0.302. The number of aliphatic hydroxyl groups is 4. The van der Waals surface area contributed by atoms with Crippen molar-refractivity contribution in [1.29, 1.82) is 0 Å². The number of ether oxygens (including phenoxy) is 7. The maximum absolute atomic E-state index is 12.6. The molecule has 1 fully saturated rings. The zero-order valence-electron chi connectivity index (χ0n) is 46.9. The molecule has 1 heterocycles. The van der Waals surface area contributed by atoms with Crippen LogP contribution in [0.15, 0.2) is 0 Å². The fraction of sp³-hybridized carbons (Fsp3) is 0.966. The van der Waals surface area contributed by atoms with Gasteiger partial charge in [0.2, 0.25) is 5.91 Å². The van der Waals surface area contributed by atoms with Crippen molar-refractivity contribution in [2.24, 2.45) is 0 Å². The summed E-state index contributed by atoms with van der Waals surface area (Å²) in [6, 6.07) is 0. The maximum Gasteiger partial charge on any atom is 0.407 e. The van der Waals surface area contributed by atoms with E-state index in [2.05, 4.69) is 24.5 Å². The topological polar surface area (TPSA) is 204 Å². The number of carbonyl (C=O) groups excluding carboxylic acids is 2. The minimum Gasteiger partial charge on any atom is -0.447 e. The lowest BCUT2D eigenvalue weighted by Gasteiger charge is -2.39. The number of rotatable bonds is 56. The molecule has 15 nitrogen and oxygen atoms in total. The van der Waals surface area contributed by atoms with Gasteiger partial charge in [-0.25, -0.2) is 4.79 Å². The van der Waals surface area contributed by atoms with Crippen LogP contribution in [0, 0.1) is 0 Å². The second-order valence-corrected chi connectivity index (χ2v) is 20.7. The van der Waals surface area contributed by atoms with Crippen LogP contribution in [0.2, 0.25) is 0 Å². The van der Waals surface area contributed by atoms with Crippen molar-refractivity contribution in [2.45, 2.75) is 282 Å². The summed E-state index contributed by atoms with van der Waals surface area (Å²) >= 11 is 0. The SMILES string of the molecule is CCCCCCCCCCCCCCCCCCOC[C@@H](COC(=O)NCCCCCC(=O)NCCOCCOCCO[C@H]1OC(CO)[C@@H](O)C(O)C1O)OCCCCCCCCCCCCCCCCCC. The Balaban J connectivity index is 2.16. The fourth-order valence-corrected chi connectivity index (χ4v) is 9.11. The molecule has 0 aliphatic carbocycles. The lowest BCUT2D eigenvalue weighted by atomic mass is 9.99. The van der Waals surface area contributed by atoms with Crippen molar-refractivity contribution >= 4 is 12.0 Å². The third-order valence-electron chi connectivity index (χ3n) is 13.8. The van der Waals surface area contributed by atoms with Gasteiger partial charge in [-0.05, 0) is 25.7 Å². The van der Waals surface area contributed by atoms with Crippen molar-refractivity contribution in [3.8, 4) is 0 Å². The molecule has 0 spiro atoms. The van der Waals surface area contributed by atoms with Crippen LogP contribution < -0.4 is 10.6 Å². The second-order valence-electron chi connectivity index (χ2n) is 20.7. The molecule has 0 radical (unpaired) electrons. The van der Waals surface area contributed by atoms with Crippen LogP contribution in [0.25, 0.3) is 0 Å². The molecule has 1 saturated heterocycles. The smallest absolute Gasteiger partial charge is 0.407 e. The number of alkyl carbamates (subject to hydrolysis) is 1. The van der Waals surface area contributed by atoms with Gasteiger partial charge in [0, 0.05) is 32.7 Å². The lowest BCUT2D eigenvalue weighted by Crippen LogP contribution is -2.59. The Labute approximate surface area is 445 Å². The molecule has 3 unspecified atom stereocenters. The van der Waals surface area contributed by atoms with E-state index >= 15 is 0 Å². The zero-order valence-corrected chi connectivity index (χ0v) is 46.9. The van der Waals surface area contributed by atoms with Gasteiger partial charge in [-0.1, -0.05) is 213 Å². The third kappa shape index (κ3) is 44.1. The Kier molecular flexibility index (Phi) is 51.0. The molecule has 0 aromatic heterocycles. The van der Waals surface area contributed by atoms with Crippen LogP contribution in [-0.2, 0) is 38.0 Å². The predicted octanol–water partition coefficient (Wildman–Crippen LogP) is 11.2. The molecule has 434 valence electrons. The molecule has 1 rings (SSSR count). The Morgan fingerprint density at radius 3 is 1.41 bits per heavy atom. The first-order valence-electron chi connectivity index (χ1n) is 30.3. The Hall–Kier alpha value is -1.66. The van der Waals surface area contributed by atoms with Gasteiger partial charge in [0.25, 0.3) is 0 Å². The molecule has 0 aromatic carbocycles. The van der Waals surface area contributed by atoms with Crippen LogP contribution in [0.3, 0.4) is 0 Å². The van der Waals surface area contributed by atoms with Gasteiger partial charge in [-0.3, -0.25) is 4.79 Å². The van der Waals surface area contributed by atoms with Gasteiger partial charge in [0.15, 0.2) is 6.29 Å². The number of nitrogens with one attached hydrogen (secondary N) is 2. The standard InChI is InChI=1S/C58H114N2O13/c1-3-5-7-9-11-13-15-17-19-21-23-25-27-29-31-36-41-69-49-51(70-42-37-32-30-28-26-24-22-20-18-16-14-12-10-8-6-4-2)50-72-58(66)60-39-35-33-34-38-53(62)59-40-43-67-44-45-68-46-47-71-57-56(65)55(64)54(63)52(48-61)73-57/h51-52,54-57,61,63-65H,3-50H2,1-2H3,(H,59,62)(H,60,66)/t51-,52?,54+,55?,56?,57-/m0/s1. The van der Waals surface area contributed by atoms with Crippen LogP contribution in [-0.4, -0.2) is 148 Å². The molecule has 0 bridgehead atoms. The molecule has 0 saturated carbocycles. The van der Waals surface area contributed by atoms with E-state index in [9.17, 15) is 30.0 Å². The summed E-state index contributed by atoms with van der Waals surface area (Å²) in [6.45, 7) is 7.97. The van der Waals surface area contributed by atoms with E-state index in [4.69, 9.17) is 33.2 Å². The predicted molar refractivity (Wildman–Crippen MR) is 292 cm³/mol. The summed E-state index contributed by atoms with van der Waals surface area (Å²) in [5.74, 6) is -0.0554. The molecule has 1 aliphatic heterocycles. The Morgan fingerprint density at radius 2 is 0.904 bits per heavy atom. The Morgan fingerprint density at radius 1 is 0.452 bits per heavy atom. The highest BCUT2D eigenvalue weighted by molar-refractivity contribution is 5.75. The maximum atomic E-state index is 12.6. The average Bonchev–Trinajstić information content (AvgIpc) is 3.39. The molecule has 6 N–H and O–H groups in total. The third-order valence-corrected chi connectivity index (χ3v) is 13.8. The first-order valence-corrected chi connectivity index (χ1v) is 30.3. The zero-order chi connectivity index (χ0) is 52.9. The molecule has 6 atom stereocenters. The number of hydrogen-bond donors (Lipinski definition) is 6. The number of unbranched alkanes of at least 4 members (excludes halogenated alkanes) is 32. The summed E-state index contributed by atoms with van der Waals surface area (Å²) in [5, 5.41) is 44.6. The molecule has 0 aromatic rings. The average molecular weight is 1050 g/mol. The minimum atomic E-state index is -1.49. The van der Waals surface area contributed by atoms with Gasteiger partial charge >= 0.3 is 6.09 Å². The summed E-state index contributed by atoms with van der Waals surface area (Å²) in [6.07, 6.45) is 38.0. The Bertz CT molecular complexity index is 1170. The van der Waals surface area contributed by atoms with Crippen LogP contribution >= 0.6 is 0 Å². The van der Waals surface area contributed by atoms with E-state index in [1.54, 1.807) is 0 Å². The second kappa shape index (κ2) is 53.7. The van der Waals surface area contributed by atoms with Crippen LogP contribution in [0.5, 0.6) is 0 Å². The largest absolute Gasteiger partial charge is 0.447 e. The normalized spacial score (nSPS) is 18.3. The molecular formula is C58H114N2O13. The first-order chi connectivity index (χ1) is 35.8. The summed E-state index contributed by atoms with van der Waals surface area (Å²) in [5.41, 5.74) is 0. The minimum absolute atomic E-state index is 0.0554. The van der Waals surface area contributed by atoms with Crippen molar-refractivity contribution in [1.82, 2.24) is 10.6 Å². The van der Waals surface area contributed by atoms with E-state index < -0.39 is 43.4 Å². The first kappa shape index (κ1) is 69.4. The number of aliphatic hydroxyl groups excluding tert-OH is 4. The molecule has 2 amide bonds. The van der Waals surface area contributed by atoms with E-state index in [-0.39, 0.29) is 38.4 Å². The quantitative estimate of drug-likeness (QED) is 0.0314. The summed E-state index contributed by atoms with van der Waals surface area (Å²) < 4.78 is 39.4. The van der Waals surface area contributed by atoms with Crippen molar-refractivity contribution in [3.63, 3.8) is 0 Å². The molecule has 15 heteroatoms. The molecule has 73 heavy (non-hydrogen) atoms. The molecular weight excluding hydrogens is 933 g/mol. The van der Waals surface area contributed by atoms with Crippen molar-refractivity contribution in [3.05, 3.63) is 0 Å². The van der Waals surface area contributed by atoms with Crippen molar-refractivity contribution < 1.29 is 63.2 Å². The van der Waals surface area contributed by atoms with Crippen LogP contribution in [0.4, 0.5) is 4.79 Å². The number of hydrogen-bond acceptors (Lipinski definition) is 13.